The lowest BCUT2D eigenvalue weighted by Gasteiger charge is -2.40. The molecule has 0 amide bonds. The largest absolute Gasteiger partial charge is 0.388 e. The molecule has 2 aliphatic rings. The predicted octanol–water partition coefficient (Wildman–Crippen LogP) is 1.70. The number of aliphatic hydroxyl groups excluding tert-OH is 1. The topological polar surface area (TPSA) is 87.1 Å². The Labute approximate surface area is 134 Å². The lowest BCUT2D eigenvalue weighted by atomic mass is 9.92. The van der Waals surface area contributed by atoms with E-state index < -0.39 is 21.9 Å². The molecule has 1 aromatic rings. The van der Waals surface area contributed by atoms with Crippen LogP contribution in [0.15, 0.2) is 23.1 Å². The Bertz CT molecular complexity index is 687. The van der Waals surface area contributed by atoms with Gasteiger partial charge in [-0.05, 0) is 24.6 Å². The molecule has 0 bridgehead atoms. The maximum absolute atomic E-state index is 14.9. The first kappa shape index (κ1) is 16.6. The van der Waals surface area contributed by atoms with E-state index in [1.807, 2.05) is 4.90 Å². The van der Waals surface area contributed by atoms with E-state index in [-0.39, 0.29) is 11.4 Å². The van der Waals surface area contributed by atoms with Crippen molar-refractivity contribution >= 4 is 15.8 Å². The maximum atomic E-state index is 14.9. The molecule has 2 heterocycles. The monoisotopic (exact) mass is 345 g/mol. The number of hydrogen-bond acceptors (Lipinski definition) is 5. The number of aliphatic hydroxyl groups is 1. The van der Waals surface area contributed by atoms with Crippen molar-refractivity contribution in [2.45, 2.75) is 35.9 Å². The first-order valence-electron chi connectivity index (χ1n) is 7.60. The quantitative estimate of drug-likeness (QED) is 0.811. The molecule has 2 N–H and O–H groups in total. The molecule has 1 saturated heterocycles. The fourth-order valence-corrected chi connectivity index (χ4v) is 3.72. The Morgan fingerprint density at radius 2 is 2.04 bits per heavy atom. The summed E-state index contributed by atoms with van der Waals surface area (Å²) >= 11 is 0. The van der Waals surface area contributed by atoms with Crippen LogP contribution in [0.5, 0.6) is 0 Å². The minimum atomic E-state index is -4.34. The number of hydrogen-bond donors (Lipinski definition) is 2. The van der Waals surface area contributed by atoms with Crippen LogP contribution in [0.2, 0.25) is 0 Å². The molecule has 0 aromatic heterocycles. The summed E-state index contributed by atoms with van der Waals surface area (Å²) < 4.78 is 51.8. The van der Waals surface area contributed by atoms with E-state index in [0.29, 0.717) is 50.3 Å². The Morgan fingerprint density at radius 1 is 1.35 bits per heavy atom. The number of halogens is 1. The SMILES string of the molecule is O=S(=O)(O)c1ccc2c(c1)C(O)CCN2CC1(F)CCOCC1. The van der Waals surface area contributed by atoms with Crippen LogP contribution in [0.3, 0.4) is 0 Å². The van der Waals surface area contributed by atoms with Gasteiger partial charge in [0.2, 0.25) is 0 Å². The van der Waals surface area contributed by atoms with Gasteiger partial charge in [-0.2, -0.15) is 8.42 Å². The van der Waals surface area contributed by atoms with E-state index in [0.717, 1.165) is 0 Å². The summed E-state index contributed by atoms with van der Waals surface area (Å²) in [5.41, 5.74) is -0.332. The van der Waals surface area contributed by atoms with Crippen LogP contribution in [0.1, 0.15) is 30.9 Å². The molecule has 1 fully saturated rings. The first-order valence-corrected chi connectivity index (χ1v) is 9.04. The van der Waals surface area contributed by atoms with Gasteiger partial charge in [0.05, 0.1) is 17.5 Å². The van der Waals surface area contributed by atoms with Gasteiger partial charge >= 0.3 is 0 Å². The highest BCUT2D eigenvalue weighted by molar-refractivity contribution is 7.85. The Hall–Kier alpha value is -1.22. The van der Waals surface area contributed by atoms with E-state index in [1.54, 1.807) is 0 Å². The minimum Gasteiger partial charge on any atom is -0.388 e. The molecule has 1 atom stereocenters. The first-order chi connectivity index (χ1) is 10.8. The van der Waals surface area contributed by atoms with Crippen LogP contribution < -0.4 is 4.90 Å². The fraction of sp³-hybridized carbons (Fsp3) is 0.600. The third kappa shape index (κ3) is 3.50. The summed E-state index contributed by atoms with van der Waals surface area (Å²) in [6.45, 7) is 1.45. The molecule has 2 aliphatic heterocycles. The highest BCUT2D eigenvalue weighted by atomic mass is 32.2. The normalized spacial score (nSPS) is 24.3. The number of fused-ring (bicyclic) bond motifs is 1. The minimum absolute atomic E-state index is 0.182. The summed E-state index contributed by atoms with van der Waals surface area (Å²) in [4.78, 5) is 1.57. The van der Waals surface area contributed by atoms with E-state index in [2.05, 4.69) is 0 Å². The van der Waals surface area contributed by atoms with Gasteiger partial charge in [-0.15, -0.1) is 0 Å². The molecule has 128 valence electrons. The Kier molecular flexibility index (Phi) is 4.35. The number of nitrogens with zero attached hydrogens (tertiary/aromatic N) is 1. The summed E-state index contributed by atoms with van der Waals surface area (Å²) in [5.74, 6) is 0. The van der Waals surface area contributed by atoms with Gasteiger partial charge in [0.25, 0.3) is 10.1 Å². The smallest absolute Gasteiger partial charge is 0.294 e. The van der Waals surface area contributed by atoms with E-state index in [4.69, 9.17) is 9.29 Å². The van der Waals surface area contributed by atoms with Gasteiger partial charge in [0, 0.05) is 43.9 Å². The van der Waals surface area contributed by atoms with Gasteiger partial charge in [0.1, 0.15) is 5.67 Å². The average molecular weight is 345 g/mol. The molecule has 1 unspecified atom stereocenters. The third-order valence-corrected chi connectivity index (χ3v) is 5.38. The molecule has 6 nitrogen and oxygen atoms in total. The van der Waals surface area contributed by atoms with Gasteiger partial charge in [0.15, 0.2) is 0 Å². The van der Waals surface area contributed by atoms with Crippen LogP contribution in [0.4, 0.5) is 10.1 Å². The van der Waals surface area contributed by atoms with Crippen molar-refractivity contribution in [1.29, 1.82) is 0 Å². The molecule has 0 radical (unpaired) electrons. The molecule has 1 aromatic carbocycles. The zero-order valence-corrected chi connectivity index (χ0v) is 13.4. The van der Waals surface area contributed by atoms with Crippen molar-refractivity contribution in [2.24, 2.45) is 0 Å². The van der Waals surface area contributed by atoms with E-state index >= 15 is 0 Å². The van der Waals surface area contributed by atoms with Crippen molar-refractivity contribution < 1.29 is 27.2 Å². The number of rotatable bonds is 3. The molecule has 0 spiro atoms. The number of anilines is 1. The summed E-state index contributed by atoms with van der Waals surface area (Å²) in [6, 6.07) is 4.05. The molecule has 3 rings (SSSR count). The second-order valence-electron chi connectivity index (χ2n) is 6.18. The molecular weight excluding hydrogens is 325 g/mol. The molecule has 0 aliphatic carbocycles. The van der Waals surface area contributed by atoms with Crippen LogP contribution in [-0.2, 0) is 14.9 Å². The summed E-state index contributed by atoms with van der Waals surface area (Å²) in [6.07, 6.45) is 0.205. The van der Waals surface area contributed by atoms with Crippen LogP contribution >= 0.6 is 0 Å². The fourth-order valence-electron chi connectivity index (χ4n) is 3.20. The van der Waals surface area contributed by atoms with Crippen molar-refractivity contribution in [3.05, 3.63) is 23.8 Å². The third-order valence-electron chi connectivity index (χ3n) is 4.53. The highest BCUT2D eigenvalue weighted by Gasteiger charge is 2.36. The highest BCUT2D eigenvalue weighted by Crippen LogP contribution is 2.37. The van der Waals surface area contributed by atoms with Crippen molar-refractivity contribution in [3.8, 4) is 0 Å². The predicted molar refractivity (Wildman–Crippen MR) is 81.9 cm³/mol. The van der Waals surface area contributed by atoms with Crippen LogP contribution in [0.25, 0.3) is 0 Å². The molecule has 8 heteroatoms. The van der Waals surface area contributed by atoms with Crippen molar-refractivity contribution in [2.75, 3.05) is 31.2 Å². The van der Waals surface area contributed by atoms with Gasteiger partial charge in [-0.3, -0.25) is 4.55 Å². The van der Waals surface area contributed by atoms with Crippen molar-refractivity contribution in [3.63, 3.8) is 0 Å². The summed E-state index contributed by atoms with van der Waals surface area (Å²) in [7, 11) is -4.34. The molecular formula is C15H20FNO5S. The standard InChI is InChI=1S/C15H20FNO5S/c16-15(4-7-22-8-5-15)10-17-6-3-14(18)12-9-11(23(19,20)21)1-2-13(12)17/h1-2,9,14,18H,3-8,10H2,(H,19,20,21). The van der Waals surface area contributed by atoms with Crippen molar-refractivity contribution in [1.82, 2.24) is 0 Å². The van der Waals surface area contributed by atoms with Gasteiger partial charge < -0.3 is 14.7 Å². The second kappa shape index (κ2) is 6.01. The number of alkyl halides is 1. The maximum Gasteiger partial charge on any atom is 0.294 e. The van der Waals surface area contributed by atoms with Gasteiger partial charge in [-0.25, -0.2) is 4.39 Å². The van der Waals surface area contributed by atoms with E-state index in [1.165, 1.54) is 18.2 Å². The van der Waals surface area contributed by atoms with Crippen LogP contribution in [-0.4, -0.2) is 50.0 Å². The summed E-state index contributed by atoms with van der Waals surface area (Å²) in [5, 5.41) is 10.1. The molecule has 0 saturated carbocycles. The second-order valence-corrected chi connectivity index (χ2v) is 7.61. The van der Waals surface area contributed by atoms with E-state index in [9.17, 15) is 17.9 Å². The number of benzene rings is 1. The lowest BCUT2D eigenvalue weighted by molar-refractivity contribution is -0.00493. The Balaban J connectivity index is 1.90. The molecule has 23 heavy (non-hydrogen) atoms. The number of ether oxygens (including phenoxy) is 1. The lowest BCUT2D eigenvalue weighted by Crippen LogP contribution is -2.45. The average Bonchev–Trinajstić information content (AvgIpc) is 2.49. The Morgan fingerprint density at radius 3 is 2.70 bits per heavy atom. The zero-order valence-electron chi connectivity index (χ0n) is 12.6. The van der Waals surface area contributed by atoms with Crippen LogP contribution in [0, 0.1) is 0 Å². The zero-order chi connectivity index (χ0) is 16.7. The van der Waals surface area contributed by atoms with Gasteiger partial charge in [-0.1, -0.05) is 0 Å².